The lowest BCUT2D eigenvalue weighted by atomic mass is 10.1. The van der Waals surface area contributed by atoms with E-state index in [4.69, 9.17) is 5.11 Å². The average Bonchev–Trinajstić information content (AvgIpc) is 2.41. The summed E-state index contributed by atoms with van der Waals surface area (Å²) in [6.45, 7) is 0.618. The molecule has 3 amide bonds. The van der Waals surface area contributed by atoms with E-state index in [1.165, 1.54) is 9.80 Å². The van der Waals surface area contributed by atoms with Gasteiger partial charge in [-0.25, -0.2) is 14.0 Å². The van der Waals surface area contributed by atoms with E-state index in [2.05, 4.69) is 5.32 Å². The predicted octanol–water partition coefficient (Wildman–Crippen LogP) is 0.830. The normalized spacial score (nSPS) is 15.0. The van der Waals surface area contributed by atoms with Gasteiger partial charge in [-0.1, -0.05) is 0 Å². The third-order valence-corrected chi connectivity index (χ3v) is 3.20. The zero-order valence-electron chi connectivity index (χ0n) is 11.3. The van der Waals surface area contributed by atoms with E-state index in [-0.39, 0.29) is 23.7 Å². The van der Waals surface area contributed by atoms with Crippen LogP contribution < -0.4 is 5.32 Å². The molecule has 0 unspecified atom stereocenters. The van der Waals surface area contributed by atoms with Gasteiger partial charge in [0.2, 0.25) is 5.91 Å². The molecule has 1 aliphatic rings. The molecule has 7 nitrogen and oxygen atoms in total. The van der Waals surface area contributed by atoms with Gasteiger partial charge in [0, 0.05) is 20.1 Å². The fraction of sp³-hybridized carbons (Fsp3) is 0.308. The lowest BCUT2D eigenvalue weighted by Gasteiger charge is -2.32. The van der Waals surface area contributed by atoms with Crippen molar-refractivity contribution in [2.24, 2.45) is 0 Å². The molecule has 0 aromatic heterocycles. The first-order chi connectivity index (χ1) is 9.88. The Balaban J connectivity index is 2.14. The maximum absolute atomic E-state index is 13.2. The van der Waals surface area contributed by atoms with Gasteiger partial charge < -0.3 is 20.2 Å². The first kappa shape index (κ1) is 14.8. The van der Waals surface area contributed by atoms with Gasteiger partial charge in [-0.15, -0.1) is 0 Å². The van der Waals surface area contributed by atoms with Crippen LogP contribution in [0.2, 0.25) is 0 Å². The second kappa shape index (κ2) is 5.78. The monoisotopic (exact) mass is 295 g/mol. The first-order valence-corrected chi connectivity index (χ1v) is 6.21. The number of carboxylic acids is 1. The highest BCUT2D eigenvalue weighted by Gasteiger charge is 2.25. The molecule has 1 aliphatic heterocycles. The van der Waals surface area contributed by atoms with Crippen LogP contribution in [0.3, 0.4) is 0 Å². The van der Waals surface area contributed by atoms with Gasteiger partial charge in [-0.3, -0.25) is 4.79 Å². The number of nitrogens with zero attached hydrogens (tertiary/aromatic N) is 2. The number of aromatic carboxylic acids is 1. The summed E-state index contributed by atoms with van der Waals surface area (Å²) in [6.07, 6.45) is 0. The number of carboxylic acid groups (broad SMARTS) is 1. The Kier molecular flexibility index (Phi) is 4.06. The largest absolute Gasteiger partial charge is 0.478 e. The number of carbonyl (C=O) groups excluding carboxylic acids is 2. The minimum Gasteiger partial charge on any atom is -0.478 e. The second-order valence-corrected chi connectivity index (χ2v) is 4.66. The maximum atomic E-state index is 13.2. The van der Waals surface area contributed by atoms with Crippen molar-refractivity contribution in [3.63, 3.8) is 0 Å². The van der Waals surface area contributed by atoms with Crippen molar-refractivity contribution in [2.45, 2.75) is 0 Å². The van der Waals surface area contributed by atoms with Crippen molar-refractivity contribution in [3.05, 3.63) is 29.6 Å². The topological polar surface area (TPSA) is 89.9 Å². The molecule has 2 rings (SSSR count). The molecule has 0 bridgehead atoms. The molecule has 2 N–H and O–H groups in total. The molecule has 1 aromatic carbocycles. The Morgan fingerprint density at radius 2 is 2.05 bits per heavy atom. The number of rotatable bonds is 2. The fourth-order valence-corrected chi connectivity index (χ4v) is 1.93. The average molecular weight is 295 g/mol. The van der Waals surface area contributed by atoms with E-state index >= 15 is 0 Å². The molecule has 1 aromatic rings. The number of piperazine rings is 1. The summed E-state index contributed by atoms with van der Waals surface area (Å²) in [4.78, 5) is 37.4. The third kappa shape index (κ3) is 3.28. The molecule has 1 heterocycles. The summed E-state index contributed by atoms with van der Waals surface area (Å²) in [6, 6.07) is 2.37. The highest BCUT2D eigenvalue weighted by atomic mass is 19.1. The Morgan fingerprint density at radius 1 is 1.33 bits per heavy atom. The molecule has 112 valence electrons. The van der Waals surface area contributed by atoms with Gasteiger partial charge in [0.15, 0.2) is 0 Å². The van der Waals surface area contributed by atoms with Gasteiger partial charge in [-0.2, -0.15) is 0 Å². The number of amides is 3. The number of hydrogen-bond donors (Lipinski definition) is 2. The lowest BCUT2D eigenvalue weighted by Crippen LogP contribution is -2.51. The van der Waals surface area contributed by atoms with E-state index in [1.807, 2.05) is 0 Å². The van der Waals surface area contributed by atoms with Gasteiger partial charge >= 0.3 is 12.0 Å². The zero-order valence-corrected chi connectivity index (χ0v) is 11.3. The quantitative estimate of drug-likeness (QED) is 0.845. The molecular formula is C13H14FN3O4. The van der Waals surface area contributed by atoms with Crippen LogP contribution in [0, 0.1) is 5.82 Å². The van der Waals surface area contributed by atoms with Gasteiger partial charge in [-0.05, 0) is 18.2 Å². The van der Waals surface area contributed by atoms with E-state index < -0.39 is 17.8 Å². The van der Waals surface area contributed by atoms with Crippen LogP contribution in [0.25, 0.3) is 0 Å². The molecular weight excluding hydrogens is 281 g/mol. The number of anilines is 1. The summed E-state index contributed by atoms with van der Waals surface area (Å²) in [5.41, 5.74) is -0.357. The number of hydrogen-bond acceptors (Lipinski definition) is 3. The van der Waals surface area contributed by atoms with E-state index in [0.29, 0.717) is 13.1 Å². The Labute approximate surface area is 119 Å². The van der Waals surface area contributed by atoms with Gasteiger partial charge in [0.1, 0.15) is 12.4 Å². The number of likely N-dealkylation sites (N-methyl/N-ethyl adjacent to an activating group) is 1. The van der Waals surface area contributed by atoms with Crippen molar-refractivity contribution in [1.82, 2.24) is 9.80 Å². The fourth-order valence-electron chi connectivity index (χ4n) is 1.93. The van der Waals surface area contributed by atoms with Crippen molar-refractivity contribution < 1.29 is 23.9 Å². The first-order valence-electron chi connectivity index (χ1n) is 6.21. The van der Waals surface area contributed by atoms with Crippen LogP contribution in [0.4, 0.5) is 14.9 Å². The van der Waals surface area contributed by atoms with Crippen LogP contribution in [-0.4, -0.2) is 59.5 Å². The summed E-state index contributed by atoms with van der Waals surface area (Å²) in [5.74, 6) is -2.15. The van der Waals surface area contributed by atoms with Gasteiger partial charge in [0.25, 0.3) is 0 Å². The van der Waals surface area contributed by atoms with Crippen LogP contribution in [0.5, 0.6) is 0 Å². The van der Waals surface area contributed by atoms with Crippen LogP contribution in [-0.2, 0) is 4.79 Å². The predicted molar refractivity (Wildman–Crippen MR) is 71.6 cm³/mol. The van der Waals surface area contributed by atoms with Crippen LogP contribution in [0.1, 0.15) is 10.4 Å². The molecule has 0 spiro atoms. The number of urea groups is 1. The second-order valence-electron chi connectivity index (χ2n) is 4.66. The SMILES string of the molecule is CN1CCN(C(=O)Nc2cc(F)ccc2C(=O)O)CC1=O. The summed E-state index contributed by atoms with van der Waals surface area (Å²) in [7, 11) is 1.63. The Bertz CT molecular complexity index is 605. The molecule has 1 fully saturated rings. The molecule has 0 atom stereocenters. The van der Waals surface area contributed by atoms with Crippen molar-refractivity contribution >= 4 is 23.6 Å². The minimum atomic E-state index is -1.28. The highest BCUT2D eigenvalue weighted by Crippen LogP contribution is 2.18. The number of halogens is 1. The smallest absolute Gasteiger partial charge is 0.337 e. The minimum absolute atomic E-state index is 0.0972. The number of nitrogens with one attached hydrogen (secondary N) is 1. The molecule has 0 aliphatic carbocycles. The number of benzene rings is 1. The van der Waals surface area contributed by atoms with Crippen LogP contribution >= 0.6 is 0 Å². The Morgan fingerprint density at radius 3 is 2.67 bits per heavy atom. The Hall–Kier alpha value is -2.64. The maximum Gasteiger partial charge on any atom is 0.337 e. The third-order valence-electron chi connectivity index (χ3n) is 3.20. The molecule has 8 heteroatoms. The molecule has 0 radical (unpaired) electrons. The van der Waals surface area contributed by atoms with Crippen molar-refractivity contribution in [2.75, 3.05) is 32.0 Å². The number of carbonyl (C=O) groups is 3. The summed E-state index contributed by atoms with van der Waals surface area (Å²) < 4.78 is 13.2. The van der Waals surface area contributed by atoms with Gasteiger partial charge in [0.05, 0.1) is 11.3 Å². The summed E-state index contributed by atoms with van der Waals surface area (Å²) in [5, 5.41) is 11.3. The standard InChI is InChI=1S/C13H14FN3O4/c1-16-4-5-17(7-11(16)18)13(21)15-10-6-8(14)2-3-9(10)12(19)20/h2-3,6H,4-5,7H2,1H3,(H,15,21)(H,19,20). The molecule has 1 saturated heterocycles. The van der Waals surface area contributed by atoms with Crippen molar-refractivity contribution in [3.8, 4) is 0 Å². The molecule has 21 heavy (non-hydrogen) atoms. The molecule has 0 saturated carbocycles. The lowest BCUT2D eigenvalue weighted by molar-refractivity contribution is -0.133. The zero-order chi connectivity index (χ0) is 15.6. The van der Waals surface area contributed by atoms with Crippen LogP contribution in [0.15, 0.2) is 18.2 Å². The van der Waals surface area contributed by atoms with E-state index in [9.17, 15) is 18.8 Å². The highest BCUT2D eigenvalue weighted by molar-refractivity contribution is 6.00. The summed E-state index contributed by atoms with van der Waals surface area (Å²) >= 11 is 0. The van der Waals surface area contributed by atoms with Crippen molar-refractivity contribution in [1.29, 1.82) is 0 Å². The van der Waals surface area contributed by atoms with E-state index in [0.717, 1.165) is 18.2 Å². The van der Waals surface area contributed by atoms with E-state index in [1.54, 1.807) is 7.05 Å².